The number of ether oxygens (including phenoxy) is 1. The number of halogens is 1. The Labute approximate surface area is 128 Å². The number of aromatic nitrogens is 1. The molecule has 2 aromatic rings. The van der Waals surface area contributed by atoms with Crippen LogP contribution in [0.5, 0.6) is 5.75 Å². The van der Waals surface area contributed by atoms with E-state index < -0.39 is 0 Å². The molecule has 0 amide bonds. The van der Waals surface area contributed by atoms with Crippen LogP contribution in [-0.2, 0) is 6.54 Å². The molecule has 106 valence electrons. The van der Waals surface area contributed by atoms with E-state index in [1.807, 2.05) is 18.2 Å². The number of pyridine rings is 1. The van der Waals surface area contributed by atoms with Crippen molar-refractivity contribution in [2.45, 2.75) is 26.8 Å². The molecule has 1 aromatic carbocycles. The van der Waals surface area contributed by atoms with Gasteiger partial charge in [0, 0.05) is 0 Å². The lowest BCUT2D eigenvalue weighted by molar-refractivity contribution is 0.318. The molecule has 1 aromatic heterocycles. The van der Waals surface area contributed by atoms with E-state index in [9.17, 15) is 0 Å². The number of nitrogens with zero attached hydrogens (tertiary/aromatic N) is 1. The van der Waals surface area contributed by atoms with Gasteiger partial charge in [0.1, 0.15) is 10.4 Å². The molecular weight excluding hydrogens is 316 g/mol. The quantitative estimate of drug-likeness (QED) is 0.786. The summed E-state index contributed by atoms with van der Waals surface area (Å²) in [6.45, 7) is 5.57. The van der Waals surface area contributed by atoms with E-state index in [-0.39, 0.29) is 0 Å². The minimum Gasteiger partial charge on any atom is -0.491 e. The molecule has 0 fully saturated rings. The van der Waals surface area contributed by atoms with Crippen molar-refractivity contribution in [3.8, 4) is 5.75 Å². The van der Waals surface area contributed by atoms with Crippen molar-refractivity contribution in [3.05, 3.63) is 52.3 Å². The average Bonchev–Trinajstić information content (AvgIpc) is 2.44. The average molecular weight is 335 g/mol. The summed E-state index contributed by atoms with van der Waals surface area (Å²) in [4.78, 5) is 4.41. The molecule has 0 radical (unpaired) electrons. The van der Waals surface area contributed by atoms with E-state index in [0.29, 0.717) is 6.54 Å². The highest BCUT2D eigenvalue weighted by atomic mass is 79.9. The Kier molecular flexibility index (Phi) is 5.41. The fourth-order valence-electron chi connectivity index (χ4n) is 1.84. The Morgan fingerprint density at radius 3 is 2.85 bits per heavy atom. The number of aryl methyl sites for hydroxylation is 1. The Bertz CT molecular complexity index is 572. The topological polar surface area (TPSA) is 34.1 Å². The van der Waals surface area contributed by atoms with Gasteiger partial charge >= 0.3 is 0 Å². The van der Waals surface area contributed by atoms with Crippen molar-refractivity contribution < 1.29 is 4.74 Å². The van der Waals surface area contributed by atoms with Gasteiger partial charge in [-0.05, 0) is 59.1 Å². The molecule has 0 saturated carbocycles. The van der Waals surface area contributed by atoms with Gasteiger partial charge in [0.15, 0.2) is 0 Å². The highest BCUT2D eigenvalue weighted by Gasteiger charge is 2.04. The van der Waals surface area contributed by atoms with Crippen molar-refractivity contribution in [1.82, 2.24) is 4.98 Å². The summed E-state index contributed by atoms with van der Waals surface area (Å²) < 4.78 is 6.64. The predicted molar refractivity (Wildman–Crippen MR) is 86.2 cm³/mol. The lowest BCUT2D eigenvalue weighted by atomic mass is 10.2. The van der Waals surface area contributed by atoms with Crippen LogP contribution in [0.25, 0.3) is 0 Å². The molecule has 0 aliphatic rings. The monoisotopic (exact) mass is 334 g/mol. The molecule has 1 heterocycles. The highest BCUT2D eigenvalue weighted by molar-refractivity contribution is 9.10. The van der Waals surface area contributed by atoms with E-state index in [0.717, 1.165) is 34.8 Å². The third-order valence-corrected chi connectivity index (χ3v) is 3.27. The van der Waals surface area contributed by atoms with Crippen molar-refractivity contribution >= 4 is 21.6 Å². The molecule has 3 nitrogen and oxygen atoms in total. The lowest BCUT2D eigenvalue weighted by Gasteiger charge is -2.13. The maximum Gasteiger partial charge on any atom is 0.142 e. The van der Waals surface area contributed by atoms with Gasteiger partial charge in [-0.1, -0.05) is 19.1 Å². The summed E-state index contributed by atoms with van der Waals surface area (Å²) in [6, 6.07) is 12.1. The second kappa shape index (κ2) is 7.29. The van der Waals surface area contributed by atoms with Gasteiger partial charge in [0.2, 0.25) is 0 Å². The zero-order valence-electron chi connectivity index (χ0n) is 11.8. The molecular formula is C16H19BrN2O. The molecule has 0 aliphatic heterocycles. The van der Waals surface area contributed by atoms with E-state index in [2.05, 4.69) is 58.3 Å². The van der Waals surface area contributed by atoms with E-state index in [4.69, 9.17) is 4.74 Å². The van der Waals surface area contributed by atoms with Crippen LogP contribution in [0.2, 0.25) is 0 Å². The van der Waals surface area contributed by atoms with Crippen LogP contribution in [0.4, 0.5) is 5.69 Å². The van der Waals surface area contributed by atoms with Gasteiger partial charge < -0.3 is 10.1 Å². The SMILES string of the molecule is CCCOc1cc(C)ccc1NCc1cccc(Br)n1. The first-order valence-electron chi connectivity index (χ1n) is 6.78. The zero-order chi connectivity index (χ0) is 14.4. The van der Waals surface area contributed by atoms with Crippen LogP contribution >= 0.6 is 15.9 Å². The van der Waals surface area contributed by atoms with E-state index in [1.165, 1.54) is 5.56 Å². The maximum atomic E-state index is 5.79. The van der Waals surface area contributed by atoms with Crippen molar-refractivity contribution in [2.24, 2.45) is 0 Å². The predicted octanol–water partition coefficient (Wildman–Crippen LogP) is 4.55. The van der Waals surface area contributed by atoms with Crippen LogP contribution in [-0.4, -0.2) is 11.6 Å². The molecule has 0 saturated heterocycles. The molecule has 0 aliphatic carbocycles. The normalized spacial score (nSPS) is 10.3. The third kappa shape index (κ3) is 4.23. The van der Waals surface area contributed by atoms with Crippen LogP contribution in [0.3, 0.4) is 0 Å². The summed E-state index contributed by atoms with van der Waals surface area (Å²) in [7, 11) is 0. The summed E-state index contributed by atoms with van der Waals surface area (Å²) in [5.41, 5.74) is 3.19. The van der Waals surface area contributed by atoms with Crippen LogP contribution in [0.1, 0.15) is 24.6 Å². The summed E-state index contributed by atoms with van der Waals surface area (Å²) in [6.07, 6.45) is 1.00. The molecule has 4 heteroatoms. The second-order valence-electron chi connectivity index (χ2n) is 4.65. The van der Waals surface area contributed by atoms with Gasteiger partial charge in [-0.25, -0.2) is 4.98 Å². The Morgan fingerprint density at radius 2 is 2.10 bits per heavy atom. The zero-order valence-corrected chi connectivity index (χ0v) is 13.4. The molecule has 0 bridgehead atoms. The molecule has 1 N–H and O–H groups in total. The molecule has 2 rings (SSSR count). The van der Waals surface area contributed by atoms with E-state index >= 15 is 0 Å². The minimum atomic E-state index is 0.672. The van der Waals surface area contributed by atoms with Crippen molar-refractivity contribution in [3.63, 3.8) is 0 Å². The summed E-state index contributed by atoms with van der Waals surface area (Å²) in [5, 5.41) is 3.38. The van der Waals surface area contributed by atoms with Crippen LogP contribution in [0, 0.1) is 6.92 Å². The highest BCUT2D eigenvalue weighted by Crippen LogP contribution is 2.26. The van der Waals surface area contributed by atoms with Crippen LogP contribution in [0.15, 0.2) is 41.0 Å². The summed E-state index contributed by atoms with van der Waals surface area (Å²) in [5.74, 6) is 0.904. The van der Waals surface area contributed by atoms with Gasteiger partial charge in [0.25, 0.3) is 0 Å². The maximum absolute atomic E-state index is 5.79. The number of anilines is 1. The first-order valence-corrected chi connectivity index (χ1v) is 7.57. The van der Waals surface area contributed by atoms with E-state index in [1.54, 1.807) is 0 Å². The van der Waals surface area contributed by atoms with Gasteiger partial charge in [-0.2, -0.15) is 0 Å². The number of nitrogens with one attached hydrogen (secondary N) is 1. The number of hydrogen-bond acceptors (Lipinski definition) is 3. The fraction of sp³-hybridized carbons (Fsp3) is 0.312. The number of rotatable bonds is 6. The lowest BCUT2D eigenvalue weighted by Crippen LogP contribution is -2.05. The van der Waals surface area contributed by atoms with Gasteiger partial charge in [-0.3, -0.25) is 0 Å². The molecule has 0 unspecified atom stereocenters. The largest absolute Gasteiger partial charge is 0.491 e. The smallest absolute Gasteiger partial charge is 0.142 e. The summed E-state index contributed by atoms with van der Waals surface area (Å²) >= 11 is 3.38. The third-order valence-electron chi connectivity index (χ3n) is 2.83. The van der Waals surface area contributed by atoms with Crippen molar-refractivity contribution in [2.75, 3.05) is 11.9 Å². The number of hydrogen-bond donors (Lipinski definition) is 1. The van der Waals surface area contributed by atoms with Crippen LogP contribution < -0.4 is 10.1 Å². The van der Waals surface area contributed by atoms with Gasteiger partial charge in [0.05, 0.1) is 24.5 Å². The fourth-order valence-corrected chi connectivity index (χ4v) is 2.22. The van der Waals surface area contributed by atoms with Gasteiger partial charge in [-0.15, -0.1) is 0 Å². The standard InChI is InChI=1S/C16H19BrN2O/c1-3-9-20-15-10-12(2)7-8-14(15)18-11-13-5-4-6-16(17)19-13/h4-8,10,18H,3,9,11H2,1-2H3. The Balaban J connectivity index is 2.08. The first-order chi connectivity index (χ1) is 9.69. The molecule has 0 spiro atoms. The molecule has 20 heavy (non-hydrogen) atoms. The Morgan fingerprint density at radius 1 is 1.25 bits per heavy atom. The Hall–Kier alpha value is -1.55. The van der Waals surface area contributed by atoms with Crippen molar-refractivity contribution in [1.29, 1.82) is 0 Å². The minimum absolute atomic E-state index is 0.672. The number of benzene rings is 1. The molecule has 0 atom stereocenters. The first kappa shape index (κ1) is 14.9. The second-order valence-corrected chi connectivity index (χ2v) is 5.47.